The molecule has 0 saturated carbocycles. The minimum absolute atomic E-state index is 0.164. The fourth-order valence-electron chi connectivity index (χ4n) is 4.47. The first-order valence-corrected chi connectivity index (χ1v) is 13.8. The molecule has 0 bridgehead atoms. The van der Waals surface area contributed by atoms with Gasteiger partial charge in [0, 0.05) is 28.5 Å². The van der Waals surface area contributed by atoms with Crippen molar-refractivity contribution in [2.75, 3.05) is 10.6 Å². The highest BCUT2D eigenvalue weighted by molar-refractivity contribution is 6.15. The van der Waals surface area contributed by atoms with E-state index in [1.54, 1.807) is 60.7 Å². The number of carbonyl (C=O) groups excluding carboxylic acids is 3. The Hall–Kier alpha value is -5.75. The fraction of sp³-hybridized carbons (Fsp3) is 0.0541. The molecule has 5 rings (SSSR count). The van der Waals surface area contributed by atoms with Crippen LogP contribution in [0.5, 0.6) is 0 Å². The molecule has 0 saturated heterocycles. The van der Waals surface area contributed by atoms with Gasteiger partial charge in [0.05, 0.1) is 12.1 Å². The zero-order chi connectivity index (χ0) is 30.2. The van der Waals surface area contributed by atoms with Gasteiger partial charge in [0.15, 0.2) is 5.78 Å². The smallest absolute Gasteiger partial charge is 0.248 e. The number of benzene rings is 4. The second-order valence-electron chi connectivity index (χ2n) is 10.0. The second-order valence-corrected chi connectivity index (χ2v) is 10.0. The van der Waals surface area contributed by atoms with Crippen LogP contribution in [-0.4, -0.2) is 17.6 Å². The standard InChI is InChI=1S/C37H30N2O4/c1-3-26-13-15-28(16-14-26)34-21-18-31(43-34)19-22-35(40)38-30-17-20-33(32(24-30)37(42)29-7-5-4-6-8-29)39-36(41)23-27-11-9-25(2)10-12-27/h3-22,24H,1,23H2,2H3,(H,38,40)(H,39,41)/b22-19+. The van der Waals surface area contributed by atoms with Gasteiger partial charge in [-0.25, -0.2) is 0 Å². The van der Waals surface area contributed by atoms with E-state index in [0.717, 1.165) is 22.3 Å². The molecular formula is C37H30N2O4. The molecule has 2 amide bonds. The summed E-state index contributed by atoms with van der Waals surface area (Å²) in [6.07, 6.45) is 4.87. The molecular weight excluding hydrogens is 536 g/mol. The lowest BCUT2D eigenvalue weighted by molar-refractivity contribution is -0.115. The molecule has 0 spiro atoms. The van der Waals surface area contributed by atoms with E-state index in [4.69, 9.17) is 4.42 Å². The van der Waals surface area contributed by atoms with Crippen LogP contribution >= 0.6 is 0 Å². The number of amides is 2. The molecule has 5 aromatic rings. The van der Waals surface area contributed by atoms with Crippen molar-refractivity contribution in [1.82, 2.24) is 0 Å². The molecule has 43 heavy (non-hydrogen) atoms. The minimum Gasteiger partial charge on any atom is -0.457 e. The van der Waals surface area contributed by atoms with Gasteiger partial charge in [-0.2, -0.15) is 0 Å². The Bertz CT molecular complexity index is 1800. The van der Waals surface area contributed by atoms with Gasteiger partial charge in [-0.1, -0.05) is 97.1 Å². The van der Waals surface area contributed by atoms with E-state index in [1.165, 1.54) is 6.08 Å². The third kappa shape index (κ3) is 7.51. The first kappa shape index (κ1) is 28.8. The van der Waals surface area contributed by atoms with Crippen LogP contribution in [0, 0.1) is 6.92 Å². The number of nitrogens with one attached hydrogen (secondary N) is 2. The van der Waals surface area contributed by atoms with E-state index >= 15 is 0 Å². The maximum Gasteiger partial charge on any atom is 0.248 e. The van der Waals surface area contributed by atoms with Gasteiger partial charge in [0.2, 0.25) is 11.8 Å². The van der Waals surface area contributed by atoms with Gasteiger partial charge in [-0.15, -0.1) is 0 Å². The zero-order valence-electron chi connectivity index (χ0n) is 23.7. The van der Waals surface area contributed by atoms with Crippen LogP contribution in [0.1, 0.15) is 38.4 Å². The topological polar surface area (TPSA) is 88.4 Å². The molecule has 1 heterocycles. The Balaban J connectivity index is 1.31. The summed E-state index contributed by atoms with van der Waals surface area (Å²) in [6, 6.07) is 32.7. The lowest BCUT2D eigenvalue weighted by Gasteiger charge is -2.13. The van der Waals surface area contributed by atoms with Gasteiger partial charge in [0.1, 0.15) is 11.5 Å². The maximum atomic E-state index is 13.5. The van der Waals surface area contributed by atoms with E-state index < -0.39 is 5.91 Å². The molecule has 0 radical (unpaired) electrons. The lowest BCUT2D eigenvalue weighted by Crippen LogP contribution is -2.18. The average Bonchev–Trinajstić information content (AvgIpc) is 3.51. The van der Waals surface area contributed by atoms with Gasteiger partial charge in [0.25, 0.3) is 0 Å². The summed E-state index contributed by atoms with van der Waals surface area (Å²) in [7, 11) is 0. The number of carbonyl (C=O) groups is 3. The second kappa shape index (κ2) is 13.3. The molecule has 2 N–H and O–H groups in total. The third-order valence-corrected chi connectivity index (χ3v) is 6.78. The van der Waals surface area contributed by atoms with Crippen LogP contribution in [0.2, 0.25) is 0 Å². The van der Waals surface area contributed by atoms with E-state index in [0.29, 0.717) is 28.5 Å². The largest absolute Gasteiger partial charge is 0.457 e. The molecule has 0 aliphatic carbocycles. The number of hydrogen-bond donors (Lipinski definition) is 2. The maximum absolute atomic E-state index is 13.5. The fourth-order valence-corrected chi connectivity index (χ4v) is 4.47. The number of hydrogen-bond acceptors (Lipinski definition) is 4. The normalized spacial score (nSPS) is 10.8. The predicted molar refractivity (Wildman–Crippen MR) is 172 cm³/mol. The van der Waals surface area contributed by atoms with Crippen molar-refractivity contribution < 1.29 is 18.8 Å². The van der Waals surface area contributed by atoms with E-state index in [1.807, 2.05) is 67.6 Å². The Morgan fingerprint density at radius 3 is 2.28 bits per heavy atom. The van der Waals surface area contributed by atoms with E-state index in [-0.39, 0.29) is 23.7 Å². The van der Waals surface area contributed by atoms with Crippen molar-refractivity contribution in [2.24, 2.45) is 0 Å². The first-order valence-electron chi connectivity index (χ1n) is 13.8. The van der Waals surface area contributed by atoms with Crippen molar-refractivity contribution in [1.29, 1.82) is 0 Å². The quantitative estimate of drug-likeness (QED) is 0.133. The zero-order valence-corrected chi connectivity index (χ0v) is 23.7. The number of rotatable bonds is 10. The molecule has 4 aromatic carbocycles. The van der Waals surface area contributed by atoms with Crippen LogP contribution < -0.4 is 10.6 Å². The summed E-state index contributed by atoms with van der Waals surface area (Å²) < 4.78 is 5.87. The van der Waals surface area contributed by atoms with Crippen molar-refractivity contribution in [2.45, 2.75) is 13.3 Å². The summed E-state index contributed by atoms with van der Waals surface area (Å²) in [5, 5.41) is 5.66. The summed E-state index contributed by atoms with van der Waals surface area (Å²) in [4.78, 5) is 39.1. The average molecular weight is 567 g/mol. The summed E-state index contributed by atoms with van der Waals surface area (Å²) in [5.41, 5.74) is 5.41. The van der Waals surface area contributed by atoms with Gasteiger partial charge in [-0.3, -0.25) is 14.4 Å². The highest BCUT2D eigenvalue weighted by atomic mass is 16.3. The summed E-state index contributed by atoms with van der Waals surface area (Å²) in [5.74, 6) is 0.272. The van der Waals surface area contributed by atoms with Crippen molar-refractivity contribution >= 4 is 41.1 Å². The Morgan fingerprint density at radius 1 is 0.814 bits per heavy atom. The van der Waals surface area contributed by atoms with Gasteiger partial charge in [-0.05, 0) is 54.5 Å². The third-order valence-electron chi connectivity index (χ3n) is 6.78. The Morgan fingerprint density at radius 2 is 1.56 bits per heavy atom. The monoisotopic (exact) mass is 566 g/mol. The van der Waals surface area contributed by atoms with Crippen LogP contribution in [0.25, 0.3) is 23.5 Å². The SMILES string of the molecule is C=Cc1ccc(-c2ccc(/C=C/C(=O)Nc3ccc(NC(=O)Cc4ccc(C)cc4)c(C(=O)c4ccccc4)c3)o2)cc1. The lowest BCUT2D eigenvalue weighted by atomic mass is 10.0. The molecule has 212 valence electrons. The number of aryl methyl sites for hydroxylation is 1. The molecule has 0 fully saturated rings. The van der Waals surface area contributed by atoms with E-state index in [2.05, 4.69) is 17.2 Å². The highest BCUT2D eigenvalue weighted by Crippen LogP contribution is 2.26. The molecule has 1 aromatic heterocycles. The van der Waals surface area contributed by atoms with E-state index in [9.17, 15) is 14.4 Å². The van der Waals surface area contributed by atoms with Crippen LogP contribution in [0.3, 0.4) is 0 Å². The Kier molecular flexibility index (Phi) is 8.88. The molecule has 0 aliphatic heterocycles. The number of anilines is 2. The molecule has 6 heteroatoms. The van der Waals surface area contributed by atoms with Crippen molar-refractivity contribution in [3.63, 3.8) is 0 Å². The van der Waals surface area contributed by atoms with Crippen LogP contribution in [0.15, 0.2) is 126 Å². The van der Waals surface area contributed by atoms with Gasteiger partial charge < -0.3 is 15.1 Å². The van der Waals surface area contributed by atoms with Gasteiger partial charge >= 0.3 is 0 Å². The summed E-state index contributed by atoms with van der Waals surface area (Å²) >= 11 is 0. The minimum atomic E-state index is -0.400. The first-order chi connectivity index (χ1) is 20.9. The molecule has 6 nitrogen and oxygen atoms in total. The van der Waals surface area contributed by atoms with Crippen LogP contribution in [0.4, 0.5) is 11.4 Å². The number of ketones is 1. The van der Waals surface area contributed by atoms with Crippen molar-refractivity contribution in [3.8, 4) is 11.3 Å². The molecule has 0 unspecified atom stereocenters. The molecule has 0 atom stereocenters. The predicted octanol–water partition coefficient (Wildman–Crippen LogP) is 7.96. The molecule has 0 aliphatic rings. The summed E-state index contributed by atoms with van der Waals surface area (Å²) in [6.45, 7) is 5.75. The Labute approximate surface area is 250 Å². The highest BCUT2D eigenvalue weighted by Gasteiger charge is 2.17. The van der Waals surface area contributed by atoms with Crippen molar-refractivity contribution in [3.05, 3.63) is 155 Å². The van der Waals surface area contributed by atoms with Crippen LogP contribution in [-0.2, 0) is 16.0 Å². The number of furan rings is 1.